The SMILES string of the molecule is O=C(CCC(F)(F)F)NC1CC[C@H]2CNC[C@H]2C1. The third-order valence-corrected chi connectivity index (χ3v) is 3.95. The summed E-state index contributed by atoms with van der Waals surface area (Å²) in [5.41, 5.74) is 0. The molecule has 104 valence electrons. The van der Waals surface area contributed by atoms with Gasteiger partial charge in [-0.1, -0.05) is 0 Å². The fraction of sp³-hybridized carbons (Fsp3) is 0.917. The summed E-state index contributed by atoms with van der Waals surface area (Å²) in [4.78, 5) is 11.4. The molecule has 1 saturated heterocycles. The highest BCUT2D eigenvalue weighted by Gasteiger charge is 2.34. The van der Waals surface area contributed by atoms with E-state index >= 15 is 0 Å². The van der Waals surface area contributed by atoms with Crippen molar-refractivity contribution in [2.75, 3.05) is 13.1 Å². The molecule has 1 aliphatic carbocycles. The maximum Gasteiger partial charge on any atom is 0.389 e. The third-order valence-electron chi connectivity index (χ3n) is 3.95. The van der Waals surface area contributed by atoms with Crippen molar-refractivity contribution in [3.63, 3.8) is 0 Å². The highest BCUT2D eigenvalue weighted by Crippen LogP contribution is 2.32. The zero-order valence-corrected chi connectivity index (χ0v) is 10.2. The van der Waals surface area contributed by atoms with Gasteiger partial charge in [0.15, 0.2) is 0 Å². The Morgan fingerprint density at radius 3 is 2.67 bits per heavy atom. The van der Waals surface area contributed by atoms with Crippen molar-refractivity contribution in [2.45, 2.75) is 44.3 Å². The zero-order valence-electron chi connectivity index (χ0n) is 10.2. The fourth-order valence-electron chi connectivity index (χ4n) is 2.99. The predicted octanol–water partition coefficient (Wildman–Crippen LogP) is 1.83. The number of nitrogens with one attached hydrogen (secondary N) is 2. The number of hydrogen-bond acceptors (Lipinski definition) is 2. The monoisotopic (exact) mass is 264 g/mol. The molecule has 0 radical (unpaired) electrons. The van der Waals surface area contributed by atoms with Crippen LogP contribution in [0.2, 0.25) is 0 Å². The average Bonchev–Trinajstić information content (AvgIpc) is 2.72. The number of amides is 1. The summed E-state index contributed by atoms with van der Waals surface area (Å²) in [5, 5.41) is 6.06. The van der Waals surface area contributed by atoms with Crippen LogP contribution in [-0.2, 0) is 4.79 Å². The van der Waals surface area contributed by atoms with Crippen molar-refractivity contribution in [1.82, 2.24) is 10.6 Å². The molecule has 1 heterocycles. The summed E-state index contributed by atoms with van der Waals surface area (Å²) in [6.07, 6.45) is -2.88. The molecule has 1 aliphatic heterocycles. The van der Waals surface area contributed by atoms with E-state index in [2.05, 4.69) is 10.6 Å². The van der Waals surface area contributed by atoms with Crippen molar-refractivity contribution in [2.24, 2.45) is 11.8 Å². The van der Waals surface area contributed by atoms with Crippen LogP contribution in [-0.4, -0.2) is 31.2 Å². The quantitative estimate of drug-likeness (QED) is 0.816. The highest BCUT2D eigenvalue weighted by molar-refractivity contribution is 5.76. The van der Waals surface area contributed by atoms with Gasteiger partial charge in [0, 0.05) is 12.5 Å². The van der Waals surface area contributed by atoms with Crippen LogP contribution < -0.4 is 10.6 Å². The summed E-state index contributed by atoms with van der Waals surface area (Å²) < 4.78 is 35.9. The molecule has 1 unspecified atom stereocenters. The van der Waals surface area contributed by atoms with Gasteiger partial charge in [0.1, 0.15) is 0 Å². The second-order valence-electron chi connectivity index (χ2n) is 5.37. The normalized spacial score (nSPS) is 32.1. The molecule has 0 aromatic rings. The largest absolute Gasteiger partial charge is 0.389 e. The lowest BCUT2D eigenvalue weighted by Crippen LogP contribution is -2.40. The van der Waals surface area contributed by atoms with Crippen molar-refractivity contribution >= 4 is 5.91 Å². The highest BCUT2D eigenvalue weighted by atomic mass is 19.4. The smallest absolute Gasteiger partial charge is 0.353 e. The summed E-state index contributed by atoms with van der Waals surface area (Å²) >= 11 is 0. The second kappa shape index (κ2) is 5.47. The van der Waals surface area contributed by atoms with Gasteiger partial charge in [-0.25, -0.2) is 0 Å². The van der Waals surface area contributed by atoms with Crippen molar-refractivity contribution in [3.05, 3.63) is 0 Å². The van der Waals surface area contributed by atoms with E-state index in [1.54, 1.807) is 0 Å². The van der Waals surface area contributed by atoms with Gasteiger partial charge in [-0.05, 0) is 44.2 Å². The first-order chi connectivity index (χ1) is 8.44. The molecular formula is C12H19F3N2O. The van der Waals surface area contributed by atoms with Crippen LogP contribution >= 0.6 is 0 Å². The zero-order chi connectivity index (χ0) is 13.2. The lowest BCUT2D eigenvalue weighted by Gasteiger charge is -2.31. The lowest BCUT2D eigenvalue weighted by atomic mass is 9.79. The molecular weight excluding hydrogens is 245 g/mol. The molecule has 2 rings (SSSR count). The number of hydrogen-bond donors (Lipinski definition) is 2. The maximum absolute atomic E-state index is 12.0. The van der Waals surface area contributed by atoms with E-state index in [1.807, 2.05) is 0 Å². The van der Waals surface area contributed by atoms with Gasteiger partial charge in [-0.2, -0.15) is 13.2 Å². The van der Waals surface area contributed by atoms with Gasteiger partial charge in [0.2, 0.25) is 5.91 Å². The second-order valence-corrected chi connectivity index (χ2v) is 5.37. The number of carbonyl (C=O) groups excluding carboxylic acids is 1. The van der Waals surface area contributed by atoms with E-state index in [0.717, 1.165) is 32.4 Å². The molecule has 2 fully saturated rings. The van der Waals surface area contributed by atoms with Gasteiger partial charge in [0.05, 0.1) is 6.42 Å². The standard InChI is InChI=1S/C12H19F3N2O/c13-12(14,15)4-3-11(18)17-10-2-1-8-6-16-7-9(8)5-10/h8-10,16H,1-7H2,(H,17,18)/t8-,9+,10?/m0/s1. The van der Waals surface area contributed by atoms with Gasteiger partial charge in [-0.3, -0.25) is 4.79 Å². The molecule has 1 saturated carbocycles. The number of carbonyl (C=O) groups is 1. The Morgan fingerprint density at radius 1 is 1.22 bits per heavy atom. The molecule has 6 heteroatoms. The summed E-state index contributed by atoms with van der Waals surface area (Å²) in [6.45, 7) is 2.01. The Kier molecular flexibility index (Phi) is 4.14. The molecule has 1 amide bonds. The van der Waals surface area contributed by atoms with Gasteiger partial charge in [0.25, 0.3) is 0 Å². The van der Waals surface area contributed by atoms with Crippen molar-refractivity contribution in [1.29, 1.82) is 0 Å². The van der Waals surface area contributed by atoms with E-state index in [0.29, 0.717) is 11.8 Å². The molecule has 0 spiro atoms. The average molecular weight is 264 g/mol. The molecule has 3 nitrogen and oxygen atoms in total. The molecule has 2 aliphatic rings. The first kappa shape index (κ1) is 13.6. The van der Waals surface area contributed by atoms with Crippen LogP contribution in [0.1, 0.15) is 32.1 Å². The van der Waals surface area contributed by atoms with Crippen molar-refractivity contribution < 1.29 is 18.0 Å². The molecule has 0 bridgehead atoms. The molecule has 3 atom stereocenters. The molecule has 0 aromatic carbocycles. The Labute approximate surface area is 104 Å². The number of alkyl halides is 3. The first-order valence-corrected chi connectivity index (χ1v) is 6.51. The van der Waals surface area contributed by atoms with Crippen LogP contribution in [0.15, 0.2) is 0 Å². The van der Waals surface area contributed by atoms with Crippen LogP contribution in [0.3, 0.4) is 0 Å². The number of fused-ring (bicyclic) bond motifs is 1. The van der Waals surface area contributed by atoms with Gasteiger partial charge in [-0.15, -0.1) is 0 Å². The topological polar surface area (TPSA) is 41.1 Å². The fourth-order valence-corrected chi connectivity index (χ4v) is 2.99. The Balaban J connectivity index is 1.71. The Bertz CT molecular complexity index is 306. The minimum Gasteiger partial charge on any atom is -0.353 e. The predicted molar refractivity (Wildman–Crippen MR) is 60.9 cm³/mol. The summed E-state index contributed by atoms with van der Waals surface area (Å²) in [5.74, 6) is 0.793. The molecule has 18 heavy (non-hydrogen) atoms. The first-order valence-electron chi connectivity index (χ1n) is 6.51. The van der Waals surface area contributed by atoms with E-state index < -0.39 is 24.9 Å². The van der Waals surface area contributed by atoms with Crippen LogP contribution in [0.5, 0.6) is 0 Å². The summed E-state index contributed by atoms with van der Waals surface area (Å²) in [6, 6.07) is 0.0619. The van der Waals surface area contributed by atoms with E-state index in [1.165, 1.54) is 0 Å². The van der Waals surface area contributed by atoms with Crippen LogP contribution in [0, 0.1) is 11.8 Å². The molecule has 0 aromatic heterocycles. The third kappa shape index (κ3) is 3.86. The minimum atomic E-state index is -4.25. The Hall–Kier alpha value is -0.780. The number of halogens is 3. The van der Waals surface area contributed by atoms with E-state index in [9.17, 15) is 18.0 Å². The van der Waals surface area contributed by atoms with Gasteiger partial charge >= 0.3 is 6.18 Å². The van der Waals surface area contributed by atoms with E-state index in [4.69, 9.17) is 0 Å². The van der Waals surface area contributed by atoms with Crippen LogP contribution in [0.25, 0.3) is 0 Å². The van der Waals surface area contributed by atoms with E-state index in [-0.39, 0.29) is 6.04 Å². The number of rotatable bonds is 3. The minimum absolute atomic E-state index is 0.0619. The lowest BCUT2D eigenvalue weighted by molar-refractivity contribution is -0.144. The summed E-state index contributed by atoms with van der Waals surface area (Å²) in [7, 11) is 0. The Morgan fingerprint density at radius 2 is 1.94 bits per heavy atom. The molecule has 2 N–H and O–H groups in total. The van der Waals surface area contributed by atoms with Gasteiger partial charge < -0.3 is 10.6 Å². The van der Waals surface area contributed by atoms with Crippen LogP contribution in [0.4, 0.5) is 13.2 Å². The maximum atomic E-state index is 12.0. The van der Waals surface area contributed by atoms with Crippen molar-refractivity contribution in [3.8, 4) is 0 Å².